The largest absolute Gasteiger partial charge is 0.338 e. The van der Waals surface area contributed by atoms with Crippen LogP contribution in [0.4, 0.5) is 5.69 Å². The molecule has 142 valence electrons. The Morgan fingerprint density at radius 3 is 2.22 bits per heavy atom. The van der Waals surface area contributed by atoms with Crippen LogP contribution in [0, 0.1) is 19.8 Å². The predicted octanol–water partition coefficient (Wildman–Crippen LogP) is 1.02. The Labute approximate surface area is 157 Å². The molecule has 1 aromatic rings. The van der Waals surface area contributed by atoms with Crippen molar-refractivity contribution >= 4 is 29.3 Å². The van der Waals surface area contributed by atoms with Crippen LogP contribution in [-0.2, 0) is 19.2 Å². The van der Waals surface area contributed by atoms with Gasteiger partial charge < -0.3 is 9.80 Å². The number of carbonyl (C=O) groups is 4. The van der Waals surface area contributed by atoms with Gasteiger partial charge in [0.15, 0.2) is 0 Å². The number of benzene rings is 1. The smallest absolute Gasteiger partial charge is 0.230 e. The van der Waals surface area contributed by atoms with Crippen molar-refractivity contribution in [2.45, 2.75) is 39.2 Å². The number of hydrogen-bond donors (Lipinski definition) is 0. The second-order valence-corrected chi connectivity index (χ2v) is 7.73. The molecule has 3 saturated heterocycles. The van der Waals surface area contributed by atoms with E-state index in [2.05, 4.69) is 0 Å². The second-order valence-electron chi connectivity index (χ2n) is 7.73. The van der Waals surface area contributed by atoms with Gasteiger partial charge in [0.05, 0.1) is 12.0 Å². The topological polar surface area (TPSA) is 78.0 Å². The molecule has 3 aliphatic rings. The number of hydrogen-bond acceptors (Lipinski definition) is 4. The second kappa shape index (κ2) is 6.48. The van der Waals surface area contributed by atoms with E-state index in [9.17, 15) is 19.2 Å². The molecule has 3 heterocycles. The molecule has 0 aromatic heterocycles. The van der Waals surface area contributed by atoms with Crippen LogP contribution in [-0.4, -0.2) is 59.1 Å². The van der Waals surface area contributed by atoms with Gasteiger partial charge in [-0.25, -0.2) is 0 Å². The molecule has 7 nitrogen and oxygen atoms in total. The third-order valence-electron chi connectivity index (χ3n) is 5.91. The molecular formula is C20H23N3O4. The maximum absolute atomic E-state index is 12.8. The first-order valence-electron chi connectivity index (χ1n) is 9.36. The van der Waals surface area contributed by atoms with Gasteiger partial charge in [-0.2, -0.15) is 0 Å². The standard InChI is InChI=1S/C20H23N3O4/c1-12-3-4-15(7-13(12)2)22-9-14(8-19(22)26)20(27)21-10-16(11-21)23-17(24)5-6-18(23)25/h3-4,7,14,16H,5-6,8-11H2,1-2H3. The van der Waals surface area contributed by atoms with Gasteiger partial charge in [0.25, 0.3) is 0 Å². The van der Waals surface area contributed by atoms with Crippen LogP contribution in [0.15, 0.2) is 18.2 Å². The molecule has 0 radical (unpaired) electrons. The zero-order chi connectivity index (χ0) is 19.3. The lowest BCUT2D eigenvalue weighted by Gasteiger charge is -2.43. The monoisotopic (exact) mass is 369 g/mol. The Morgan fingerprint density at radius 2 is 1.59 bits per heavy atom. The van der Waals surface area contributed by atoms with Crippen molar-refractivity contribution < 1.29 is 19.2 Å². The van der Waals surface area contributed by atoms with E-state index in [1.807, 2.05) is 32.0 Å². The van der Waals surface area contributed by atoms with Crippen molar-refractivity contribution in [3.63, 3.8) is 0 Å². The predicted molar refractivity (Wildman–Crippen MR) is 97.8 cm³/mol. The lowest BCUT2D eigenvalue weighted by atomic mass is 10.0. The Kier molecular flexibility index (Phi) is 4.25. The van der Waals surface area contributed by atoms with Gasteiger partial charge in [-0.15, -0.1) is 0 Å². The van der Waals surface area contributed by atoms with Gasteiger partial charge in [-0.1, -0.05) is 6.07 Å². The fraction of sp³-hybridized carbons (Fsp3) is 0.500. The number of rotatable bonds is 3. The Balaban J connectivity index is 1.38. The number of anilines is 1. The lowest BCUT2D eigenvalue weighted by Crippen LogP contribution is -2.63. The van der Waals surface area contributed by atoms with Crippen molar-refractivity contribution in [2.75, 3.05) is 24.5 Å². The summed E-state index contributed by atoms with van der Waals surface area (Å²) >= 11 is 0. The van der Waals surface area contributed by atoms with Crippen molar-refractivity contribution in [3.05, 3.63) is 29.3 Å². The summed E-state index contributed by atoms with van der Waals surface area (Å²) in [5.41, 5.74) is 3.10. The van der Waals surface area contributed by atoms with E-state index in [-0.39, 0.29) is 54.9 Å². The summed E-state index contributed by atoms with van der Waals surface area (Å²) in [6.07, 6.45) is 0.741. The molecule has 4 rings (SSSR count). The molecule has 0 spiro atoms. The molecule has 3 aliphatic heterocycles. The number of aryl methyl sites for hydroxylation is 2. The van der Waals surface area contributed by atoms with E-state index in [4.69, 9.17) is 0 Å². The first kappa shape index (κ1) is 17.7. The molecule has 1 aromatic carbocycles. The molecular weight excluding hydrogens is 346 g/mol. The van der Waals surface area contributed by atoms with Crippen LogP contribution in [0.25, 0.3) is 0 Å². The molecule has 0 bridgehead atoms. The normalized spacial score (nSPS) is 23.4. The van der Waals surface area contributed by atoms with Gasteiger partial charge >= 0.3 is 0 Å². The van der Waals surface area contributed by atoms with Crippen molar-refractivity contribution in [1.82, 2.24) is 9.80 Å². The van der Waals surface area contributed by atoms with Crippen molar-refractivity contribution in [2.24, 2.45) is 5.92 Å². The number of amides is 4. The summed E-state index contributed by atoms with van der Waals surface area (Å²) in [5, 5.41) is 0. The summed E-state index contributed by atoms with van der Waals surface area (Å²) in [4.78, 5) is 53.4. The molecule has 0 N–H and O–H groups in total. The Hall–Kier alpha value is -2.70. The minimum absolute atomic E-state index is 0.0430. The van der Waals surface area contributed by atoms with Crippen LogP contribution < -0.4 is 4.90 Å². The quantitative estimate of drug-likeness (QED) is 0.745. The Bertz CT molecular complexity index is 828. The average molecular weight is 369 g/mol. The maximum Gasteiger partial charge on any atom is 0.230 e. The van der Waals surface area contributed by atoms with E-state index >= 15 is 0 Å². The van der Waals surface area contributed by atoms with Gasteiger partial charge in [0.1, 0.15) is 0 Å². The van der Waals surface area contributed by atoms with Gasteiger partial charge in [-0.3, -0.25) is 24.1 Å². The fourth-order valence-electron chi connectivity index (χ4n) is 4.07. The third-order valence-corrected chi connectivity index (χ3v) is 5.91. The summed E-state index contributed by atoms with van der Waals surface area (Å²) in [6.45, 7) is 5.16. The summed E-state index contributed by atoms with van der Waals surface area (Å²) in [6, 6.07) is 5.67. The van der Waals surface area contributed by atoms with Crippen molar-refractivity contribution in [3.8, 4) is 0 Å². The highest BCUT2D eigenvalue weighted by Crippen LogP contribution is 2.30. The van der Waals surface area contributed by atoms with Crippen LogP contribution in [0.5, 0.6) is 0 Å². The number of likely N-dealkylation sites (tertiary alicyclic amines) is 2. The molecule has 3 fully saturated rings. The first-order chi connectivity index (χ1) is 12.8. The zero-order valence-corrected chi connectivity index (χ0v) is 15.6. The highest BCUT2D eigenvalue weighted by Gasteiger charge is 2.45. The molecule has 1 atom stereocenters. The minimum atomic E-state index is -0.370. The van der Waals surface area contributed by atoms with E-state index in [0.717, 1.165) is 16.8 Å². The third kappa shape index (κ3) is 3.01. The Morgan fingerprint density at radius 1 is 0.926 bits per heavy atom. The highest BCUT2D eigenvalue weighted by atomic mass is 16.2. The van der Waals surface area contributed by atoms with Crippen LogP contribution in [0.2, 0.25) is 0 Å². The summed E-state index contributed by atoms with van der Waals surface area (Å²) < 4.78 is 0. The first-order valence-corrected chi connectivity index (χ1v) is 9.36. The van der Waals surface area contributed by atoms with Crippen LogP contribution >= 0.6 is 0 Å². The number of imide groups is 1. The average Bonchev–Trinajstić information content (AvgIpc) is 3.13. The lowest BCUT2D eigenvalue weighted by molar-refractivity contribution is -0.153. The van der Waals surface area contributed by atoms with Crippen LogP contribution in [0.1, 0.15) is 30.4 Å². The summed E-state index contributed by atoms with van der Waals surface area (Å²) in [5.74, 6) is -0.767. The van der Waals surface area contributed by atoms with Gasteiger partial charge in [0, 0.05) is 44.6 Å². The van der Waals surface area contributed by atoms with E-state index in [0.29, 0.717) is 19.6 Å². The highest BCUT2D eigenvalue weighted by molar-refractivity contribution is 6.03. The number of nitrogens with zero attached hydrogens (tertiary/aromatic N) is 3. The van der Waals surface area contributed by atoms with Gasteiger partial charge in [-0.05, 0) is 37.1 Å². The van der Waals surface area contributed by atoms with E-state index < -0.39 is 0 Å². The fourth-order valence-corrected chi connectivity index (χ4v) is 4.07. The van der Waals surface area contributed by atoms with E-state index in [1.54, 1.807) is 9.80 Å². The molecule has 7 heteroatoms. The van der Waals surface area contributed by atoms with Gasteiger partial charge in [0.2, 0.25) is 23.6 Å². The van der Waals surface area contributed by atoms with Crippen LogP contribution in [0.3, 0.4) is 0 Å². The maximum atomic E-state index is 12.8. The van der Waals surface area contributed by atoms with E-state index in [1.165, 1.54) is 4.90 Å². The molecule has 1 unspecified atom stereocenters. The zero-order valence-electron chi connectivity index (χ0n) is 15.6. The molecule has 0 aliphatic carbocycles. The minimum Gasteiger partial charge on any atom is -0.338 e. The SMILES string of the molecule is Cc1ccc(N2CC(C(=O)N3CC(N4C(=O)CCC4=O)C3)CC2=O)cc1C. The molecule has 0 saturated carbocycles. The molecule has 27 heavy (non-hydrogen) atoms. The number of carbonyl (C=O) groups excluding carboxylic acids is 4. The molecule has 4 amide bonds. The van der Waals surface area contributed by atoms with Crippen molar-refractivity contribution in [1.29, 1.82) is 0 Å². The summed E-state index contributed by atoms with van der Waals surface area (Å²) in [7, 11) is 0.